The molecule has 0 aliphatic rings. The predicted molar refractivity (Wildman–Crippen MR) is 109 cm³/mol. The van der Waals surface area contributed by atoms with Crippen LogP contribution in [-0.4, -0.2) is 12.1 Å². The van der Waals surface area contributed by atoms with E-state index in [1.54, 1.807) is 13.3 Å². The first-order valence-corrected chi connectivity index (χ1v) is 8.75. The molecule has 0 saturated carbocycles. The molecular formula is C20H20BrClN2O2. The number of benzene rings is 2. The number of nitrogens with zero attached hydrogens (tertiary/aromatic N) is 1. The molecule has 0 bridgehead atoms. The SMILES string of the molecule is COc1ccc(Br)cc1CNCc1ccnc(Oc2ccccc2)c1.Cl. The second kappa shape index (κ2) is 10.2. The van der Waals surface area contributed by atoms with Gasteiger partial charge < -0.3 is 14.8 Å². The Morgan fingerprint density at radius 2 is 1.81 bits per heavy atom. The molecule has 2 aromatic carbocycles. The summed E-state index contributed by atoms with van der Waals surface area (Å²) in [4.78, 5) is 4.26. The largest absolute Gasteiger partial charge is 0.496 e. The molecule has 1 heterocycles. The van der Waals surface area contributed by atoms with Crippen LogP contribution in [0, 0.1) is 0 Å². The average Bonchev–Trinajstić information content (AvgIpc) is 2.63. The van der Waals surface area contributed by atoms with Crippen LogP contribution in [0.5, 0.6) is 17.4 Å². The van der Waals surface area contributed by atoms with Crippen molar-refractivity contribution in [3.63, 3.8) is 0 Å². The third-order valence-electron chi connectivity index (χ3n) is 3.65. The number of aromatic nitrogens is 1. The van der Waals surface area contributed by atoms with E-state index < -0.39 is 0 Å². The highest BCUT2D eigenvalue weighted by molar-refractivity contribution is 9.10. The summed E-state index contributed by atoms with van der Waals surface area (Å²) in [5, 5.41) is 3.43. The first-order valence-electron chi connectivity index (χ1n) is 7.95. The van der Waals surface area contributed by atoms with Gasteiger partial charge in [0.25, 0.3) is 0 Å². The van der Waals surface area contributed by atoms with E-state index in [0.717, 1.165) is 27.1 Å². The van der Waals surface area contributed by atoms with Crippen molar-refractivity contribution in [1.82, 2.24) is 10.3 Å². The minimum atomic E-state index is 0. The Morgan fingerprint density at radius 3 is 2.58 bits per heavy atom. The topological polar surface area (TPSA) is 43.4 Å². The predicted octanol–water partition coefficient (Wildman–Crippen LogP) is 5.36. The Bertz CT molecular complexity index is 831. The van der Waals surface area contributed by atoms with Crippen molar-refractivity contribution < 1.29 is 9.47 Å². The molecule has 0 radical (unpaired) electrons. The second-order valence-corrected chi connectivity index (χ2v) is 6.39. The highest BCUT2D eigenvalue weighted by atomic mass is 79.9. The number of nitrogens with one attached hydrogen (secondary N) is 1. The maximum atomic E-state index is 5.77. The zero-order valence-electron chi connectivity index (χ0n) is 14.3. The van der Waals surface area contributed by atoms with E-state index in [1.165, 1.54) is 0 Å². The van der Waals surface area contributed by atoms with Crippen LogP contribution < -0.4 is 14.8 Å². The van der Waals surface area contributed by atoms with Gasteiger partial charge in [0.05, 0.1) is 7.11 Å². The van der Waals surface area contributed by atoms with Gasteiger partial charge in [-0.05, 0) is 42.0 Å². The van der Waals surface area contributed by atoms with Gasteiger partial charge in [0, 0.05) is 35.4 Å². The van der Waals surface area contributed by atoms with Crippen LogP contribution in [0.1, 0.15) is 11.1 Å². The number of ether oxygens (including phenoxy) is 2. The number of pyridine rings is 1. The molecule has 1 aromatic heterocycles. The van der Waals surface area contributed by atoms with E-state index in [2.05, 4.69) is 32.3 Å². The molecule has 3 rings (SSSR count). The summed E-state index contributed by atoms with van der Waals surface area (Å²) in [5.74, 6) is 2.24. The molecule has 0 aliphatic heterocycles. The summed E-state index contributed by atoms with van der Waals surface area (Å²) in [6, 6.07) is 19.6. The van der Waals surface area contributed by atoms with Gasteiger partial charge in [0.15, 0.2) is 0 Å². The summed E-state index contributed by atoms with van der Waals surface area (Å²) >= 11 is 3.50. The quantitative estimate of drug-likeness (QED) is 0.543. The maximum Gasteiger partial charge on any atom is 0.219 e. The standard InChI is InChI=1S/C20H19BrN2O2.ClH/c1-24-19-8-7-17(21)12-16(19)14-22-13-15-9-10-23-20(11-15)25-18-5-3-2-4-6-18;/h2-12,22H,13-14H2,1H3;1H. The number of methoxy groups -OCH3 is 1. The van der Waals surface area contributed by atoms with Crippen molar-refractivity contribution in [2.75, 3.05) is 7.11 Å². The number of hydrogen-bond acceptors (Lipinski definition) is 4. The van der Waals surface area contributed by atoms with Gasteiger partial charge in [-0.2, -0.15) is 0 Å². The van der Waals surface area contributed by atoms with Crippen molar-refractivity contribution in [2.24, 2.45) is 0 Å². The summed E-state index contributed by atoms with van der Waals surface area (Å²) in [6.07, 6.45) is 1.76. The molecular weight excluding hydrogens is 416 g/mol. The minimum Gasteiger partial charge on any atom is -0.496 e. The van der Waals surface area contributed by atoms with E-state index in [4.69, 9.17) is 9.47 Å². The Kier molecular flexibility index (Phi) is 7.91. The summed E-state index contributed by atoms with van der Waals surface area (Å²) in [5.41, 5.74) is 2.21. The van der Waals surface area contributed by atoms with Gasteiger partial charge in [-0.25, -0.2) is 4.98 Å². The molecule has 136 valence electrons. The van der Waals surface area contributed by atoms with Crippen LogP contribution in [0.25, 0.3) is 0 Å². The smallest absolute Gasteiger partial charge is 0.219 e. The van der Waals surface area contributed by atoms with Crippen LogP contribution in [-0.2, 0) is 13.1 Å². The average molecular weight is 436 g/mol. The molecule has 0 fully saturated rings. The van der Waals surface area contributed by atoms with Crippen molar-refractivity contribution in [1.29, 1.82) is 0 Å². The molecule has 0 saturated heterocycles. The lowest BCUT2D eigenvalue weighted by Gasteiger charge is -2.11. The van der Waals surface area contributed by atoms with Crippen LogP contribution in [0.2, 0.25) is 0 Å². The normalized spacial score (nSPS) is 10.1. The second-order valence-electron chi connectivity index (χ2n) is 5.48. The fourth-order valence-electron chi connectivity index (χ4n) is 2.45. The number of halogens is 2. The molecule has 6 heteroatoms. The fraction of sp³-hybridized carbons (Fsp3) is 0.150. The van der Waals surface area contributed by atoms with Crippen LogP contribution in [0.4, 0.5) is 0 Å². The van der Waals surface area contributed by atoms with Crippen LogP contribution in [0.3, 0.4) is 0 Å². The fourth-order valence-corrected chi connectivity index (χ4v) is 2.86. The molecule has 3 aromatic rings. The molecule has 0 aliphatic carbocycles. The molecule has 0 spiro atoms. The highest BCUT2D eigenvalue weighted by Gasteiger charge is 2.04. The molecule has 0 amide bonds. The highest BCUT2D eigenvalue weighted by Crippen LogP contribution is 2.23. The van der Waals surface area contributed by atoms with Crippen LogP contribution >= 0.6 is 28.3 Å². The zero-order chi connectivity index (χ0) is 17.5. The number of para-hydroxylation sites is 1. The minimum absolute atomic E-state index is 0. The van der Waals surface area contributed by atoms with Gasteiger partial charge >= 0.3 is 0 Å². The first-order chi connectivity index (χ1) is 12.2. The third kappa shape index (κ3) is 5.73. The molecule has 0 unspecified atom stereocenters. The summed E-state index contributed by atoms with van der Waals surface area (Å²) in [6.45, 7) is 1.42. The summed E-state index contributed by atoms with van der Waals surface area (Å²) in [7, 11) is 1.68. The van der Waals surface area contributed by atoms with E-state index in [-0.39, 0.29) is 12.4 Å². The van der Waals surface area contributed by atoms with Gasteiger partial charge in [0.1, 0.15) is 11.5 Å². The van der Waals surface area contributed by atoms with Gasteiger partial charge in [0.2, 0.25) is 5.88 Å². The molecule has 0 atom stereocenters. The Balaban J connectivity index is 0.00000243. The van der Waals surface area contributed by atoms with Crippen LogP contribution in [0.15, 0.2) is 71.3 Å². The Hall–Kier alpha value is -2.08. The van der Waals surface area contributed by atoms with Gasteiger partial charge in [-0.1, -0.05) is 34.1 Å². The molecule has 4 nitrogen and oxygen atoms in total. The lowest BCUT2D eigenvalue weighted by molar-refractivity contribution is 0.407. The lowest BCUT2D eigenvalue weighted by Crippen LogP contribution is -2.13. The van der Waals surface area contributed by atoms with E-state index in [0.29, 0.717) is 19.0 Å². The lowest BCUT2D eigenvalue weighted by atomic mass is 10.2. The number of hydrogen-bond donors (Lipinski definition) is 1. The van der Waals surface area contributed by atoms with E-state index in [9.17, 15) is 0 Å². The van der Waals surface area contributed by atoms with E-state index >= 15 is 0 Å². The first kappa shape index (κ1) is 20.2. The maximum absolute atomic E-state index is 5.77. The Labute approximate surface area is 168 Å². The third-order valence-corrected chi connectivity index (χ3v) is 4.15. The van der Waals surface area contributed by atoms with Crippen molar-refractivity contribution in [3.8, 4) is 17.4 Å². The monoisotopic (exact) mass is 434 g/mol. The molecule has 26 heavy (non-hydrogen) atoms. The Morgan fingerprint density at radius 1 is 1.00 bits per heavy atom. The van der Waals surface area contributed by atoms with Crippen molar-refractivity contribution in [3.05, 3.63) is 82.5 Å². The molecule has 1 N–H and O–H groups in total. The van der Waals surface area contributed by atoms with E-state index in [1.807, 2.05) is 54.6 Å². The van der Waals surface area contributed by atoms with Gasteiger partial charge in [-0.3, -0.25) is 0 Å². The van der Waals surface area contributed by atoms with Crippen molar-refractivity contribution >= 4 is 28.3 Å². The zero-order valence-corrected chi connectivity index (χ0v) is 16.7. The number of rotatable bonds is 7. The van der Waals surface area contributed by atoms with Gasteiger partial charge in [-0.15, -0.1) is 12.4 Å². The summed E-state index contributed by atoms with van der Waals surface area (Å²) < 4.78 is 12.2. The van der Waals surface area contributed by atoms with Crippen molar-refractivity contribution in [2.45, 2.75) is 13.1 Å².